The third kappa shape index (κ3) is 4.86. The molecular formula is C23H25F3O7S. The monoisotopic (exact) mass is 502 g/mol. The molecule has 2 N–H and O–H groups in total. The molecule has 0 aromatic heterocycles. The highest BCUT2D eigenvalue weighted by atomic mass is 32.2. The van der Waals surface area contributed by atoms with Crippen LogP contribution in [0.5, 0.6) is 17.2 Å². The van der Waals surface area contributed by atoms with Gasteiger partial charge in [-0.05, 0) is 66.3 Å². The molecule has 0 unspecified atom stereocenters. The minimum absolute atomic E-state index is 0.00501. The van der Waals surface area contributed by atoms with Crippen molar-refractivity contribution in [2.75, 3.05) is 14.2 Å². The number of hydrogen-bond donors (Lipinski definition) is 2. The molecule has 186 valence electrons. The lowest BCUT2D eigenvalue weighted by molar-refractivity contribution is -0.0607. The van der Waals surface area contributed by atoms with Crippen molar-refractivity contribution < 1.29 is 45.5 Å². The number of aliphatic hydroxyl groups excluding tert-OH is 1. The molecule has 0 heterocycles. The largest absolute Gasteiger partial charge is 0.534 e. The van der Waals surface area contributed by atoms with Crippen LogP contribution in [0, 0.1) is 0 Å². The van der Waals surface area contributed by atoms with E-state index in [4.69, 9.17) is 9.47 Å². The molecule has 11 heteroatoms. The van der Waals surface area contributed by atoms with Crippen molar-refractivity contribution in [2.45, 2.75) is 43.4 Å². The summed E-state index contributed by atoms with van der Waals surface area (Å²) in [7, 11) is -2.99. The summed E-state index contributed by atoms with van der Waals surface area (Å²) >= 11 is 0. The minimum atomic E-state index is -5.87. The maximum atomic E-state index is 12.8. The zero-order valence-corrected chi connectivity index (χ0v) is 19.6. The van der Waals surface area contributed by atoms with E-state index >= 15 is 0 Å². The standard InChI is InChI=1S/C23H25F3O7S/c1-13-12-22(2,28)19(27)10-5-14-11-15(33-34(29,30)23(24,25)26)6-7-16(14)17-8-9-18(31-3)21(32-4)20(13)17/h6-9,11,19,27-28H,1,5,10,12H2,2-4H3/t19-,22-/m0/s1. The number of methoxy groups -OCH3 is 2. The molecule has 0 spiro atoms. The normalized spacial score (nSPS) is 21.3. The van der Waals surface area contributed by atoms with Crippen LogP contribution < -0.4 is 13.7 Å². The zero-order chi connectivity index (χ0) is 25.5. The summed E-state index contributed by atoms with van der Waals surface area (Å²) in [6.45, 7) is 5.53. The highest BCUT2D eigenvalue weighted by molar-refractivity contribution is 7.88. The van der Waals surface area contributed by atoms with Crippen LogP contribution in [0.4, 0.5) is 13.2 Å². The fraction of sp³-hybridized carbons (Fsp3) is 0.391. The average Bonchev–Trinajstić information content (AvgIpc) is 2.74. The number of ether oxygens (including phenoxy) is 2. The fourth-order valence-corrected chi connectivity index (χ4v) is 4.46. The van der Waals surface area contributed by atoms with E-state index in [2.05, 4.69) is 10.8 Å². The molecule has 0 saturated heterocycles. The molecule has 0 radical (unpaired) electrons. The number of benzene rings is 2. The van der Waals surface area contributed by atoms with Crippen LogP contribution >= 0.6 is 0 Å². The van der Waals surface area contributed by atoms with Crippen molar-refractivity contribution in [3.05, 3.63) is 48.0 Å². The number of fused-ring (bicyclic) bond motifs is 3. The van der Waals surface area contributed by atoms with Gasteiger partial charge in [0.15, 0.2) is 11.5 Å². The van der Waals surface area contributed by atoms with E-state index in [0.29, 0.717) is 39.3 Å². The van der Waals surface area contributed by atoms with E-state index < -0.39 is 33.1 Å². The summed E-state index contributed by atoms with van der Waals surface area (Å²) in [4.78, 5) is 0. The Labute approximate surface area is 195 Å². The average molecular weight is 503 g/mol. The van der Waals surface area contributed by atoms with Crippen molar-refractivity contribution in [3.63, 3.8) is 0 Å². The van der Waals surface area contributed by atoms with Crippen molar-refractivity contribution >= 4 is 15.7 Å². The Morgan fingerprint density at radius 1 is 1.12 bits per heavy atom. The van der Waals surface area contributed by atoms with E-state index in [1.165, 1.54) is 33.3 Å². The molecule has 2 aromatic rings. The highest BCUT2D eigenvalue weighted by Gasteiger charge is 2.48. The van der Waals surface area contributed by atoms with Crippen LogP contribution in [0.1, 0.15) is 30.9 Å². The number of rotatable bonds is 4. The molecule has 34 heavy (non-hydrogen) atoms. The van der Waals surface area contributed by atoms with Gasteiger partial charge in [-0.2, -0.15) is 21.6 Å². The molecule has 1 aliphatic rings. The van der Waals surface area contributed by atoms with Crippen molar-refractivity contribution in [2.24, 2.45) is 0 Å². The van der Waals surface area contributed by atoms with E-state index in [1.807, 2.05) is 0 Å². The van der Waals surface area contributed by atoms with Gasteiger partial charge in [-0.15, -0.1) is 0 Å². The SMILES string of the molecule is C=C1C[C@](C)(O)[C@@H](O)CCc2cc(OS(=O)(=O)C(F)(F)F)ccc2-c2ccc(OC)c(OC)c21. The van der Waals surface area contributed by atoms with Gasteiger partial charge in [0.1, 0.15) is 5.75 Å². The van der Waals surface area contributed by atoms with E-state index in [-0.39, 0.29) is 19.3 Å². The lowest BCUT2D eigenvalue weighted by Gasteiger charge is -2.32. The zero-order valence-electron chi connectivity index (χ0n) is 18.8. The molecule has 3 rings (SSSR count). The third-order valence-corrected chi connectivity index (χ3v) is 6.71. The molecule has 2 aromatic carbocycles. The Morgan fingerprint density at radius 3 is 2.35 bits per heavy atom. The minimum Gasteiger partial charge on any atom is -0.493 e. The molecule has 0 fully saturated rings. The molecule has 0 aliphatic heterocycles. The molecule has 1 aliphatic carbocycles. The first-order valence-electron chi connectivity index (χ1n) is 10.2. The predicted molar refractivity (Wildman–Crippen MR) is 119 cm³/mol. The van der Waals surface area contributed by atoms with Gasteiger partial charge < -0.3 is 23.9 Å². The summed E-state index contributed by atoms with van der Waals surface area (Å²) < 4.78 is 76.6. The molecule has 2 atom stereocenters. The van der Waals surface area contributed by atoms with Crippen molar-refractivity contribution in [1.82, 2.24) is 0 Å². The van der Waals surface area contributed by atoms with E-state index in [9.17, 15) is 31.8 Å². The van der Waals surface area contributed by atoms with Crippen LogP contribution in [0.15, 0.2) is 36.9 Å². The first-order chi connectivity index (χ1) is 15.7. The lowest BCUT2D eigenvalue weighted by atomic mass is 9.80. The maximum Gasteiger partial charge on any atom is 0.534 e. The van der Waals surface area contributed by atoms with Gasteiger partial charge in [0.25, 0.3) is 0 Å². The fourth-order valence-electron chi connectivity index (χ4n) is 4.01. The molecule has 0 saturated carbocycles. The van der Waals surface area contributed by atoms with Crippen LogP contribution in [-0.2, 0) is 16.5 Å². The maximum absolute atomic E-state index is 12.8. The van der Waals surface area contributed by atoms with E-state index in [1.54, 1.807) is 12.1 Å². The Balaban J connectivity index is 2.25. The number of hydrogen-bond acceptors (Lipinski definition) is 7. The van der Waals surface area contributed by atoms with Crippen LogP contribution in [0.3, 0.4) is 0 Å². The number of halogens is 3. The van der Waals surface area contributed by atoms with Gasteiger partial charge in [-0.3, -0.25) is 0 Å². The third-order valence-electron chi connectivity index (χ3n) is 5.73. The van der Waals surface area contributed by atoms with Gasteiger partial charge in [0.05, 0.1) is 25.9 Å². The Kier molecular flexibility index (Phi) is 6.94. The number of aryl methyl sites for hydroxylation is 1. The summed E-state index contributed by atoms with van der Waals surface area (Å²) in [5, 5.41) is 21.5. The second-order valence-corrected chi connectivity index (χ2v) is 9.76. The Hall–Kier alpha value is -2.76. The van der Waals surface area contributed by atoms with Gasteiger partial charge in [0.2, 0.25) is 0 Å². The first kappa shape index (κ1) is 25.9. The van der Waals surface area contributed by atoms with Crippen molar-refractivity contribution in [3.8, 4) is 28.4 Å². The molecule has 0 bridgehead atoms. The van der Waals surface area contributed by atoms with Crippen LogP contribution in [0.2, 0.25) is 0 Å². The quantitative estimate of drug-likeness (QED) is 0.480. The number of aliphatic hydroxyl groups is 2. The Bertz CT molecular complexity index is 1200. The summed E-state index contributed by atoms with van der Waals surface area (Å²) in [6, 6.07) is 7.07. The van der Waals surface area contributed by atoms with Crippen molar-refractivity contribution in [1.29, 1.82) is 0 Å². The highest BCUT2D eigenvalue weighted by Crippen LogP contribution is 2.46. The van der Waals surface area contributed by atoms with Gasteiger partial charge >= 0.3 is 15.6 Å². The lowest BCUT2D eigenvalue weighted by Crippen LogP contribution is -2.40. The van der Waals surface area contributed by atoms with Crippen LogP contribution in [-0.4, -0.2) is 50.1 Å². The predicted octanol–water partition coefficient (Wildman–Crippen LogP) is 4.06. The van der Waals surface area contributed by atoms with Crippen LogP contribution in [0.25, 0.3) is 16.7 Å². The molecule has 7 nitrogen and oxygen atoms in total. The molecular weight excluding hydrogens is 477 g/mol. The second-order valence-electron chi connectivity index (χ2n) is 8.22. The van der Waals surface area contributed by atoms with E-state index in [0.717, 1.165) is 6.07 Å². The second kappa shape index (κ2) is 9.12. The smallest absolute Gasteiger partial charge is 0.493 e. The van der Waals surface area contributed by atoms with Gasteiger partial charge in [-0.25, -0.2) is 0 Å². The topological polar surface area (TPSA) is 102 Å². The summed E-state index contributed by atoms with van der Waals surface area (Å²) in [6.07, 6.45) is -1.05. The Morgan fingerprint density at radius 2 is 1.76 bits per heavy atom. The van der Waals surface area contributed by atoms with Gasteiger partial charge in [-0.1, -0.05) is 12.6 Å². The summed E-state index contributed by atoms with van der Waals surface area (Å²) in [5.41, 5.74) is -4.73. The van der Waals surface area contributed by atoms with Gasteiger partial charge in [0, 0.05) is 12.0 Å². The first-order valence-corrected chi connectivity index (χ1v) is 11.6. The molecule has 0 amide bonds. The summed E-state index contributed by atoms with van der Waals surface area (Å²) in [5.74, 6) is 0.175. The number of alkyl halides is 3.